The highest BCUT2D eigenvalue weighted by atomic mass is 79.9. The zero-order chi connectivity index (χ0) is 22.5. The van der Waals surface area contributed by atoms with Gasteiger partial charge in [0.25, 0.3) is 11.6 Å². The SMILES string of the molecule is COc1cccc(OC)c1OCn1ccc(C(=O)Nc2c(Br)cc([N+](=O)[O-])cc2Br)n1. The summed E-state index contributed by atoms with van der Waals surface area (Å²) in [7, 11) is 3.04. The van der Waals surface area contributed by atoms with Gasteiger partial charge < -0.3 is 19.5 Å². The van der Waals surface area contributed by atoms with Crippen molar-refractivity contribution < 1.29 is 23.9 Å². The maximum atomic E-state index is 12.6. The molecule has 1 heterocycles. The van der Waals surface area contributed by atoms with Crippen LogP contribution >= 0.6 is 31.9 Å². The van der Waals surface area contributed by atoms with Crippen molar-refractivity contribution in [3.05, 3.63) is 67.3 Å². The molecule has 0 spiro atoms. The van der Waals surface area contributed by atoms with Crippen LogP contribution in [0.5, 0.6) is 17.2 Å². The predicted octanol–water partition coefficient (Wildman–Crippen LogP) is 4.62. The topological polar surface area (TPSA) is 118 Å². The zero-order valence-corrected chi connectivity index (χ0v) is 19.5. The van der Waals surface area contributed by atoms with Crippen LogP contribution in [0.15, 0.2) is 51.5 Å². The number of non-ortho nitro benzene ring substituents is 1. The Morgan fingerprint density at radius 1 is 1.16 bits per heavy atom. The standard InChI is InChI=1S/C19H16Br2N4O6/c1-29-15-4-3-5-16(30-2)18(15)31-10-24-7-6-14(23-24)19(26)22-17-12(20)8-11(25(27)28)9-13(17)21/h3-9H,10H2,1-2H3,(H,22,26). The van der Waals surface area contributed by atoms with Crippen LogP contribution < -0.4 is 19.5 Å². The lowest BCUT2D eigenvalue weighted by Gasteiger charge is -2.13. The number of methoxy groups -OCH3 is 2. The summed E-state index contributed by atoms with van der Waals surface area (Å²) < 4.78 is 18.5. The Hall–Kier alpha value is -3.12. The Bertz CT molecular complexity index is 1090. The van der Waals surface area contributed by atoms with Gasteiger partial charge in [0.1, 0.15) is 0 Å². The highest BCUT2D eigenvalue weighted by molar-refractivity contribution is 9.11. The molecule has 0 aliphatic rings. The zero-order valence-electron chi connectivity index (χ0n) is 16.3. The molecule has 1 amide bonds. The Morgan fingerprint density at radius 3 is 2.32 bits per heavy atom. The largest absolute Gasteiger partial charge is 0.493 e. The normalized spacial score (nSPS) is 10.5. The van der Waals surface area contributed by atoms with Gasteiger partial charge in [-0.25, -0.2) is 4.68 Å². The number of para-hydroxylation sites is 1. The minimum atomic E-state index is -0.528. The number of rotatable bonds is 8. The summed E-state index contributed by atoms with van der Waals surface area (Å²) in [6, 6.07) is 9.36. The summed E-state index contributed by atoms with van der Waals surface area (Å²) in [4.78, 5) is 23.0. The van der Waals surface area contributed by atoms with E-state index in [-0.39, 0.29) is 18.1 Å². The van der Waals surface area contributed by atoms with Crippen LogP contribution in [-0.2, 0) is 6.73 Å². The third kappa shape index (κ3) is 5.14. The molecular formula is C19H16Br2N4O6. The van der Waals surface area contributed by atoms with Crippen LogP contribution in [0.25, 0.3) is 0 Å². The fourth-order valence-electron chi connectivity index (χ4n) is 2.61. The second-order valence-corrected chi connectivity index (χ2v) is 7.71. The molecule has 162 valence electrons. The van der Waals surface area contributed by atoms with Gasteiger partial charge in [0.05, 0.1) is 24.8 Å². The molecule has 10 nitrogen and oxygen atoms in total. The van der Waals surface area contributed by atoms with Crippen molar-refractivity contribution >= 4 is 49.1 Å². The van der Waals surface area contributed by atoms with Gasteiger partial charge in [-0.1, -0.05) is 6.07 Å². The van der Waals surface area contributed by atoms with E-state index >= 15 is 0 Å². The lowest BCUT2D eigenvalue weighted by Crippen LogP contribution is -2.15. The number of carbonyl (C=O) groups is 1. The van der Waals surface area contributed by atoms with Gasteiger partial charge in [0.15, 0.2) is 23.9 Å². The summed E-state index contributed by atoms with van der Waals surface area (Å²) in [5, 5.41) is 17.8. The molecule has 0 aliphatic carbocycles. The van der Waals surface area contributed by atoms with Crippen LogP contribution in [0.1, 0.15) is 10.5 Å². The van der Waals surface area contributed by atoms with Crippen molar-refractivity contribution in [2.24, 2.45) is 0 Å². The number of anilines is 1. The van der Waals surface area contributed by atoms with Crippen LogP contribution in [0, 0.1) is 10.1 Å². The lowest BCUT2D eigenvalue weighted by atomic mass is 10.2. The van der Waals surface area contributed by atoms with E-state index in [2.05, 4.69) is 42.3 Å². The highest BCUT2D eigenvalue weighted by Gasteiger charge is 2.18. The number of nitro benzene ring substituents is 1. The Morgan fingerprint density at radius 2 is 1.77 bits per heavy atom. The van der Waals surface area contributed by atoms with Gasteiger partial charge in [-0.05, 0) is 50.1 Å². The number of carbonyl (C=O) groups excluding carboxylic acids is 1. The maximum Gasteiger partial charge on any atom is 0.276 e. The van der Waals surface area contributed by atoms with Gasteiger partial charge >= 0.3 is 0 Å². The van der Waals surface area contributed by atoms with Crippen LogP contribution in [0.3, 0.4) is 0 Å². The number of aromatic nitrogens is 2. The van der Waals surface area contributed by atoms with E-state index in [1.54, 1.807) is 24.4 Å². The quantitative estimate of drug-likeness (QED) is 0.318. The first-order chi connectivity index (χ1) is 14.8. The molecular weight excluding hydrogens is 540 g/mol. The Kier molecular flexibility index (Phi) is 7.13. The van der Waals surface area contributed by atoms with Crippen LogP contribution in [-0.4, -0.2) is 34.8 Å². The minimum Gasteiger partial charge on any atom is -0.493 e. The predicted molar refractivity (Wildman–Crippen MR) is 119 cm³/mol. The minimum absolute atomic E-state index is 0.00886. The van der Waals surface area contributed by atoms with E-state index in [9.17, 15) is 14.9 Å². The van der Waals surface area contributed by atoms with Gasteiger partial charge in [-0.15, -0.1) is 0 Å². The van der Waals surface area contributed by atoms with E-state index in [0.717, 1.165) is 0 Å². The van der Waals surface area contributed by atoms with Crippen molar-refractivity contribution in [2.45, 2.75) is 6.73 Å². The molecule has 1 N–H and O–H groups in total. The third-order valence-electron chi connectivity index (χ3n) is 4.07. The lowest BCUT2D eigenvalue weighted by molar-refractivity contribution is -0.385. The fourth-order valence-corrected chi connectivity index (χ4v) is 3.97. The number of hydrogen-bond acceptors (Lipinski definition) is 7. The smallest absolute Gasteiger partial charge is 0.276 e. The molecule has 0 radical (unpaired) electrons. The number of benzene rings is 2. The summed E-state index contributed by atoms with van der Waals surface area (Å²) in [5.74, 6) is 0.909. The number of nitrogens with one attached hydrogen (secondary N) is 1. The molecule has 0 atom stereocenters. The van der Waals surface area contributed by atoms with Gasteiger partial charge in [-0.3, -0.25) is 14.9 Å². The second kappa shape index (κ2) is 9.79. The average Bonchev–Trinajstić information content (AvgIpc) is 3.23. The van der Waals surface area contributed by atoms with E-state index in [4.69, 9.17) is 14.2 Å². The molecule has 3 rings (SSSR count). The van der Waals surface area contributed by atoms with E-state index in [1.807, 2.05) is 0 Å². The number of amides is 1. The third-order valence-corrected chi connectivity index (χ3v) is 5.32. The van der Waals surface area contributed by atoms with Crippen molar-refractivity contribution in [3.8, 4) is 17.2 Å². The second-order valence-electron chi connectivity index (χ2n) is 6.00. The fraction of sp³-hybridized carbons (Fsp3) is 0.158. The van der Waals surface area contributed by atoms with Crippen molar-refractivity contribution in [1.82, 2.24) is 9.78 Å². The van der Waals surface area contributed by atoms with Crippen molar-refractivity contribution in [2.75, 3.05) is 19.5 Å². The van der Waals surface area contributed by atoms with E-state index in [1.165, 1.54) is 37.1 Å². The maximum absolute atomic E-state index is 12.6. The van der Waals surface area contributed by atoms with Crippen molar-refractivity contribution in [1.29, 1.82) is 0 Å². The summed E-state index contributed by atoms with van der Waals surface area (Å²) >= 11 is 6.46. The van der Waals surface area contributed by atoms with Crippen LogP contribution in [0.4, 0.5) is 11.4 Å². The number of nitro groups is 1. The number of hydrogen-bond donors (Lipinski definition) is 1. The van der Waals surface area contributed by atoms with E-state index < -0.39 is 10.8 Å². The summed E-state index contributed by atoms with van der Waals surface area (Å²) in [5.41, 5.74) is 0.359. The first-order valence-corrected chi connectivity index (χ1v) is 10.2. The van der Waals surface area contributed by atoms with Gasteiger partial charge in [0.2, 0.25) is 5.75 Å². The number of halogens is 2. The molecule has 0 aliphatic heterocycles. The molecule has 0 bridgehead atoms. The van der Waals surface area contributed by atoms with Crippen LogP contribution in [0.2, 0.25) is 0 Å². The van der Waals surface area contributed by atoms with Crippen molar-refractivity contribution in [3.63, 3.8) is 0 Å². The molecule has 1 aromatic heterocycles. The van der Waals surface area contributed by atoms with Gasteiger partial charge in [0, 0.05) is 27.3 Å². The Labute approximate surface area is 193 Å². The Balaban J connectivity index is 1.72. The molecule has 31 heavy (non-hydrogen) atoms. The molecule has 0 fully saturated rings. The monoisotopic (exact) mass is 554 g/mol. The summed E-state index contributed by atoms with van der Waals surface area (Å²) in [6.45, 7) is 0.00886. The molecule has 12 heteroatoms. The molecule has 3 aromatic rings. The van der Waals surface area contributed by atoms with E-state index in [0.29, 0.717) is 31.9 Å². The molecule has 2 aromatic carbocycles. The molecule has 0 saturated carbocycles. The first kappa shape index (κ1) is 22.6. The average molecular weight is 556 g/mol. The first-order valence-electron chi connectivity index (χ1n) is 8.66. The number of nitrogens with zero attached hydrogens (tertiary/aromatic N) is 3. The molecule has 0 saturated heterocycles. The number of ether oxygens (including phenoxy) is 3. The highest BCUT2D eigenvalue weighted by Crippen LogP contribution is 2.37. The summed E-state index contributed by atoms with van der Waals surface area (Å²) in [6.07, 6.45) is 1.58. The van der Waals surface area contributed by atoms with Gasteiger partial charge in [-0.2, -0.15) is 5.10 Å². The molecule has 0 unspecified atom stereocenters.